The third-order valence-corrected chi connectivity index (χ3v) is 2.70. The van der Waals surface area contributed by atoms with Crippen molar-refractivity contribution in [3.05, 3.63) is 0 Å². The van der Waals surface area contributed by atoms with Gasteiger partial charge in [-0.15, -0.1) is 0 Å². The fourth-order valence-electron chi connectivity index (χ4n) is 1.82. The molecule has 0 amide bonds. The highest BCUT2D eigenvalue weighted by atomic mass is 16.7. The predicted octanol–water partition coefficient (Wildman–Crippen LogP) is -0.638. The average molecular weight is 206 g/mol. The van der Waals surface area contributed by atoms with E-state index in [-0.39, 0.29) is 18.6 Å². The highest BCUT2D eigenvalue weighted by Gasteiger charge is 2.42. The van der Waals surface area contributed by atoms with Gasteiger partial charge in [-0.1, -0.05) is 6.92 Å². The molecule has 1 heterocycles. The van der Waals surface area contributed by atoms with Crippen LogP contribution in [0.2, 0.25) is 0 Å². The van der Waals surface area contributed by atoms with E-state index in [0.717, 1.165) is 0 Å². The van der Waals surface area contributed by atoms with Crippen molar-refractivity contribution >= 4 is 0 Å². The van der Waals surface area contributed by atoms with E-state index in [1.807, 2.05) is 6.92 Å². The standard InChI is InChI=1S/C9H18O5/c1-5-7(11)9(13-3)14-6(4-10)8(5)12-2/h5-11H,4H2,1-3H3/t5-,6?,7+,8+,9?/m1/s1. The van der Waals surface area contributed by atoms with Gasteiger partial charge in [0, 0.05) is 20.1 Å². The van der Waals surface area contributed by atoms with Crippen molar-refractivity contribution in [1.82, 2.24) is 0 Å². The number of ether oxygens (including phenoxy) is 3. The summed E-state index contributed by atoms with van der Waals surface area (Å²) in [5.41, 5.74) is 0. The van der Waals surface area contributed by atoms with E-state index in [9.17, 15) is 5.11 Å². The predicted molar refractivity (Wildman–Crippen MR) is 48.7 cm³/mol. The van der Waals surface area contributed by atoms with Crippen LogP contribution in [0.25, 0.3) is 0 Å². The van der Waals surface area contributed by atoms with Gasteiger partial charge in [0.15, 0.2) is 6.29 Å². The van der Waals surface area contributed by atoms with Crippen molar-refractivity contribution < 1.29 is 24.4 Å². The molecule has 0 aromatic heterocycles. The van der Waals surface area contributed by atoms with Crippen LogP contribution in [-0.2, 0) is 14.2 Å². The minimum absolute atomic E-state index is 0.129. The van der Waals surface area contributed by atoms with Gasteiger partial charge in [0.25, 0.3) is 0 Å². The second-order valence-electron chi connectivity index (χ2n) is 3.51. The Bertz CT molecular complexity index is 173. The number of rotatable bonds is 3. The molecule has 2 unspecified atom stereocenters. The number of hydrogen-bond donors (Lipinski definition) is 2. The highest BCUT2D eigenvalue weighted by Crippen LogP contribution is 2.27. The first kappa shape index (κ1) is 11.9. The maximum atomic E-state index is 9.74. The van der Waals surface area contributed by atoms with E-state index in [1.54, 1.807) is 0 Å². The maximum absolute atomic E-state index is 9.74. The van der Waals surface area contributed by atoms with Crippen LogP contribution in [0.1, 0.15) is 6.92 Å². The Balaban J connectivity index is 2.71. The zero-order valence-electron chi connectivity index (χ0n) is 8.71. The summed E-state index contributed by atoms with van der Waals surface area (Å²) in [5, 5.41) is 18.8. The molecule has 5 heteroatoms. The van der Waals surface area contributed by atoms with E-state index in [0.29, 0.717) is 0 Å². The Morgan fingerprint density at radius 3 is 2.36 bits per heavy atom. The van der Waals surface area contributed by atoms with Crippen molar-refractivity contribution in [3.8, 4) is 0 Å². The summed E-state index contributed by atoms with van der Waals surface area (Å²) < 4.78 is 15.5. The van der Waals surface area contributed by atoms with Crippen molar-refractivity contribution in [1.29, 1.82) is 0 Å². The quantitative estimate of drug-likeness (QED) is 0.643. The Hall–Kier alpha value is -0.200. The molecule has 1 rings (SSSR count). The van der Waals surface area contributed by atoms with E-state index in [2.05, 4.69) is 0 Å². The van der Waals surface area contributed by atoms with Gasteiger partial charge in [-0.25, -0.2) is 0 Å². The third-order valence-electron chi connectivity index (χ3n) is 2.70. The Morgan fingerprint density at radius 1 is 1.29 bits per heavy atom. The second kappa shape index (κ2) is 5.04. The molecule has 5 atom stereocenters. The molecule has 0 saturated carbocycles. The first-order chi connectivity index (χ1) is 6.65. The average Bonchev–Trinajstić information content (AvgIpc) is 2.21. The molecule has 1 fully saturated rings. The van der Waals surface area contributed by atoms with Crippen LogP contribution in [0, 0.1) is 5.92 Å². The van der Waals surface area contributed by atoms with E-state index < -0.39 is 18.5 Å². The van der Waals surface area contributed by atoms with Gasteiger partial charge in [-0.3, -0.25) is 0 Å². The minimum atomic E-state index is -0.729. The Morgan fingerprint density at radius 2 is 1.93 bits per heavy atom. The normalized spacial score (nSPS) is 43.9. The van der Waals surface area contributed by atoms with Crippen molar-refractivity contribution in [2.24, 2.45) is 5.92 Å². The second-order valence-corrected chi connectivity index (χ2v) is 3.51. The van der Waals surface area contributed by atoms with Crippen LogP contribution >= 0.6 is 0 Å². The van der Waals surface area contributed by atoms with Crippen molar-refractivity contribution in [2.75, 3.05) is 20.8 Å². The molecule has 5 nitrogen and oxygen atoms in total. The summed E-state index contributed by atoms with van der Waals surface area (Å²) in [6, 6.07) is 0. The van der Waals surface area contributed by atoms with E-state index >= 15 is 0 Å². The number of aliphatic hydroxyl groups excluding tert-OH is 2. The number of hydrogen-bond acceptors (Lipinski definition) is 5. The van der Waals surface area contributed by atoms with Crippen LogP contribution in [-0.4, -0.2) is 55.6 Å². The molecule has 14 heavy (non-hydrogen) atoms. The summed E-state index contributed by atoms with van der Waals surface area (Å²) in [5.74, 6) is -0.129. The van der Waals surface area contributed by atoms with Crippen LogP contribution in [0.15, 0.2) is 0 Å². The molecule has 0 aromatic carbocycles. The zero-order valence-corrected chi connectivity index (χ0v) is 8.71. The van der Waals surface area contributed by atoms with Crippen LogP contribution in [0.4, 0.5) is 0 Å². The lowest BCUT2D eigenvalue weighted by atomic mass is 9.91. The summed E-state index contributed by atoms with van der Waals surface area (Å²) in [4.78, 5) is 0. The lowest BCUT2D eigenvalue weighted by Gasteiger charge is -2.41. The molecule has 0 spiro atoms. The first-order valence-corrected chi connectivity index (χ1v) is 4.65. The molecule has 1 saturated heterocycles. The molecule has 0 aliphatic carbocycles. The smallest absolute Gasteiger partial charge is 0.183 e. The van der Waals surface area contributed by atoms with Gasteiger partial charge < -0.3 is 24.4 Å². The first-order valence-electron chi connectivity index (χ1n) is 4.65. The topological polar surface area (TPSA) is 68.2 Å². The summed E-state index contributed by atoms with van der Waals surface area (Å²) in [6.07, 6.45) is -2.16. The molecule has 84 valence electrons. The minimum Gasteiger partial charge on any atom is -0.394 e. The third kappa shape index (κ3) is 2.07. The van der Waals surface area contributed by atoms with Crippen molar-refractivity contribution in [3.63, 3.8) is 0 Å². The number of aliphatic hydroxyl groups is 2. The summed E-state index contributed by atoms with van der Waals surface area (Å²) in [6.45, 7) is 1.70. The molecule has 0 aromatic rings. The van der Waals surface area contributed by atoms with Gasteiger partial charge in [0.2, 0.25) is 0 Å². The lowest BCUT2D eigenvalue weighted by molar-refractivity contribution is -0.283. The molecular weight excluding hydrogens is 188 g/mol. The van der Waals surface area contributed by atoms with Crippen LogP contribution < -0.4 is 0 Å². The molecule has 0 bridgehead atoms. The molecule has 0 radical (unpaired) electrons. The SMILES string of the molecule is COC1OC(CO)[C@@H](OC)[C@H](C)[C@@H]1O. The van der Waals surface area contributed by atoms with Gasteiger partial charge >= 0.3 is 0 Å². The fourth-order valence-corrected chi connectivity index (χ4v) is 1.82. The van der Waals surface area contributed by atoms with E-state index in [1.165, 1.54) is 14.2 Å². The molecule has 1 aliphatic heterocycles. The Kier molecular flexibility index (Phi) is 4.28. The van der Waals surface area contributed by atoms with Crippen molar-refractivity contribution in [2.45, 2.75) is 31.5 Å². The molecule has 1 aliphatic rings. The lowest BCUT2D eigenvalue weighted by Crippen LogP contribution is -2.55. The highest BCUT2D eigenvalue weighted by molar-refractivity contribution is 4.87. The fraction of sp³-hybridized carbons (Fsp3) is 1.00. The summed E-state index contributed by atoms with van der Waals surface area (Å²) in [7, 11) is 3.00. The largest absolute Gasteiger partial charge is 0.394 e. The van der Waals surface area contributed by atoms with Gasteiger partial charge in [-0.2, -0.15) is 0 Å². The van der Waals surface area contributed by atoms with Crippen LogP contribution in [0.5, 0.6) is 0 Å². The number of methoxy groups -OCH3 is 2. The maximum Gasteiger partial charge on any atom is 0.183 e. The molecule has 2 N–H and O–H groups in total. The van der Waals surface area contributed by atoms with E-state index in [4.69, 9.17) is 19.3 Å². The zero-order chi connectivity index (χ0) is 10.7. The van der Waals surface area contributed by atoms with Gasteiger partial charge in [-0.05, 0) is 0 Å². The summed E-state index contributed by atoms with van der Waals surface area (Å²) >= 11 is 0. The molecular formula is C9H18O5. The van der Waals surface area contributed by atoms with Gasteiger partial charge in [0.1, 0.15) is 12.2 Å². The van der Waals surface area contributed by atoms with Crippen LogP contribution in [0.3, 0.4) is 0 Å². The van der Waals surface area contributed by atoms with Gasteiger partial charge in [0.05, 0.1) is 12.7 Å². The Labute approximate surface area is 83.6 Å². The monoisotopic (exact) mass is 206 g/mol.